The number of sulfonamides is 1. The van der Waals surface area contributed by atoms with Crippen LogP contribution in [0.5, 0.6) is 11.5 Å². The number of anilines is 1. The Morgan fingerprint density at radius 2 is 1.50 bits per heavy atom. The fourth-order valence-electron chi connectivity index (χ4n) is 3.92. The zero-order chi connectivity index (χ0) is 28.5. The first-order chi connectivity index (χ1) is 19.3. The highest BCUT2D eigenvalue weighted by Crippen LogP contribution is 2.32. The number of hydrogen-bond donors (Lipinski definition) is 1. The van der Waals surface area contributed by atoms with Crippen molar-refractivity contribution in [1.29, 1.82) is 0 Å². The Bertz CT molecular complexity index is 1520. The average Bonchev–Trinajstić information content (AvgIpc) is 2.96. The lowest BCUT2D eigenvalue weighted by Gasteiger charge is -2.26. The molecule has 0 bridgehead atoms. The quantitative estimate of drug-likeness (QED) is 0.242. The molecule has 7 nitrogen and oxygen atoms in total. The van der Waals surface area contributed by atoms with E-state index in [1.807, 2.05) is 19.1 Å². The van der Waals surface area contributed by atoms with Crippen LogP contribution in [-0.2, 0) is 28.0 Å². The van der Waals surface area contributed by atoms with E-state index in [4.69, 9.17) is 9.47 Å². The Balaban J connectivity index is 1.45. The summed E-state index contributed by atoms with van der Waals surface area (Å²) in [4.78, 5) is 13.1. The molecule has 4 rings (SSSR count). The van der Waals surface area contributed by atoms with E-state index in [9.17, 15) is 17.6 Å². The van der Waals surface area contributed by atoms with Crippen LogP contribution < -0.4 is 19.1 Å². The smallest absolute Gasteiger partial charge is 0.264 e. The summed E-state index contributed by atoms with van der Waals surface area (Å²) in [5.74, 6) is 0.218. The second-order valence-corrected chi connectivity index (χ2v) is 10.9. The second-order valence-electron chi connectivity index (χ2n) is 9.06. The molecular weight excluding hydrogens is 531 g/mol. The molecule has 0 radical (unpaired) electrons. The number of benzene rings is 4. The minimum atomic E-state index is -4.07. The molecule has 0 heterocycles. The van der Waals surface area contributed by atoms with Gasteiger partial charge in [-0.3, -0.25) is 9.10 Å². The van der Waals surface area contributed by atoms with Gasteiger partial charge in [-0.15, -0.1) is 0 Å². The van der Waals surface area contributed by atoms with Gasteiger partial charge in [0.1, 0.15) is 30.5 Å². The predicted molar refractivity (Wildman–Crippen MR) is 152 cm³/mol. The summed E-state index contributed by atoms with van der Waals surface area (Å²) in [6, 6.07) is 26.5. The molecule has 0 unspecified atom stereocenters. The van der Waals surface area contributed by atoms with E-state index in [0.29, 0.717) is 24.7 Å². The Labute approximate surface area is 234 Å². The molecule has 1 amide bonds. The minimum Gasteiger partial charge on any atom is -0.492 e. The highest BCUT2D eigenvalue weighted by molar-refractivity contribution is 7.92. The molecule has 4 aromatic carbocycles. The van der Waals surface area contributed by atoms with Crippen LogP contribution in [0.4, 0.5) is 10.1 Å². The number of amides is 1. The van der Waals surface area contributed by atoms with E-state index in [2.05, 4.69) is 5.32 Å². The van der Waals surface area contributed by atoms with Crippen molar-refractivity contribution in [1.82, 2.24) is 5.32 Å². The molecule has 4 aromatic rings. The van der Waals surface area contributed by atoms with Gasteiger partial charge in [0.05, 0.1) is 17.2 Å². The summed E-state index contributed by atoms with van der Waals surface area (Å²) >= 11 is 0. The van der Waals surface area contributed by atoms with Gasteiger partial charge >= 0.3 is 0 Å². The Morgan fingerprint density at radius 1 is 0.850 bits per heavy atom. The van der Waals surface area contributed by atoms with Gasteiger partial charge in [-0.05, 0) is 73.5 Å². The number of halogens is 1. The maximum atomic E-state index is 13.7. The van der Waals surface area contributed by atoms with Crippen molar-refractivity contribution in [3.63, 3.8) is 0 Å². The number of aryl methyl sites for hydroxylation is 1. The lowest BCUT2D eigenvalue weighted by molar-refractivity contribution is -0.119. The van der Waals surface area contributed by atoms with Gasteiger partial charge in [0, 0.05) is 6.54 Å². The number of hydrogen-bond acceptors (Lipinski definition) is 5. The van der Waals surface area contributed by atoms with Crippen molar-refractivity contribution in [2.45, 2.75) is 31.9 Å². The van der Waals surface area contributed by atoms with Crippen molar-refractivity contribution in [2.75, 3.05) is 17.5 Å². The molecule has 0 fully saturated rings. The number of ether oxygens (including phenoxy) is 2. The molecule has 0 saturated carbocycles. The molecule has 0 aliphatic heterocycles. The van der Waals surface area contributed by atoms with Crippen LogP contribution in [0.1, 0.15) is 23.6 Å². The Kier molecular flexibility index (Phi) is 9.39. The molecule has 1 N–H and O–H groups in total. The number of carbonyl (C=O) groups excluding carboxylic acids is 1. The average molecular weight is 563 g/mol. The number of rotatable bonds is 12. The SMILES string of the molecule is CCOc1ccccc1N(CC(=O)NCc1ccc(OCc2ccc(F)cc2)cc1)S(=O)(=O)c1ccc(C)cc1. The first-order valence-corrected chi connectivity index (χ1v) is 14.2. The third-order valence-corrected chi connectivity index (χ3v) is 7.84. The highest BCUT2D eigenvalue weighted by atomic mass is 32.2. The predicted octanol–water partition coefficient (Wildman–Crippen LogP) is 5.62. The van der Waals surface area contributed by atoms with Crippen molar-refractivity contribution in [3.05, 3.63) is 120 Å². The van der Waals surface area contributed by atoms with Gasteiger partial charge in [-0.25, -0.2) is 12.8 Å². The molecule has 0 aliphatic rings. The van der Waals surface area contributed by atoms with Gasteiger partial charge in [0.2, 0.25) is 5.91 Å². The third-order valence-electron chi connectivity index (χ3n) is 6.06. The maximum absolute atomic E-state index is 13.7. The molecule has 40 heavy (non-hydrogen) atoms. The van der Waals surface area contributed by atoms with Crippen LogP contribution in [-0.4, -0.2) is 27.5 Å². The molecule has 0 atom stereocenters. The van der Waals surface area contributed by atoms with Gasteiger partial charge in [0.15, 0.2) is 0 Å². The molecule has 0 spiro atoms. The summed E-state index contributed by atoms with van der Waals surface area (Å²) in [6.45, 7) is 4.08. The molecule has 208 valence electrons. The molecule has 0 saturated heterocycles. The van der Waals surface area contributed by atoms with E-state index < -0.39 is 22.5 Å². The van der Waals surface area contributed by atoms with Crippen LogP contribution in [0, 0.1) is 12.7 Å². The minimum absolute atomic E-state index is 0.0772. The van der Waals surface area contributed by atoms with Crippen LogP contribution in [0.15, 0.2) is 102 Å². The van der Waals surface area contributed by atoms with Crippen LogP contribution >= 0.6 is 0 Å². The topological polar surface area (TPSA) is 84.9 Å². The zero-order valence-corrected chi connectivity index (χ0v) is 23.2. The van der Waals surface area contributed by atoms with E-state index in [-0.39, 0.29) is 22.9 Å². The van der Waals surface area contributed by atoms with Crippen LogP contribution in [0.25, 0.3) is 0 Å². The van der Waals surface area contributed by atoms with E-state index >= 15 is 0 Å². The monoisotopic (exact) mass is 562 g/mol. The van der Waals surface area contributed by atoms with Gasteiger partial charge < -0.3 is 14.8 Å². The number of para-hydroxylation sites is 2. The van der Waals surface area contributed by atoms with Crippen molar-refractivity contribution >= 4 is 21.6 Å². The first kappa shape index (κ1) is 28.6. The number of nitrogens with one attached hydrogen (secondary N) is 1. The van der Waals surface area contributed by atoms with E-state index in [1.54, 1.807) is 67.6 Å². The normalized spacial score (nSPS) is 11.1. The van der Waals surface area contributed by atoms with E-state index in [1.165, 1.54) is 24.3 Å². The van der Waals surface area contributed by atoms with Crippen molar-refractivity contribution in [2.24, 2.45) is 0 Å². The molecule has 9 heteroatoms. The van der Waals surface area contributed by atoms with Crippen LogP contribution in [0.2, 0.25) is 0 Å². The molecular formula is C31H31FN2O5S. The summed E-state index contributed by atoms with van der Waals surface area (Å²) < 4.78 is 52.9. The molecule has 0 aliphatic carbocycles. The Hall–Kier alpha value is -4.37. The number of carbonyl (C=O) groups is 1. The van der Waals surface area contributed by atoms with Gasteiger partial charge in [-0.2, -0.15) is 0 Å². The third kappa shape index (κ3) is 7.39. The maximum Gasteiger partial charge on any atom is 0.264 e. The summed E-state index contributed by atoms with van der Waals surface area (Å²) in [7, 11) is -4.07. The van der Waals surface area contributed by atoms with Gasteiger partial charge in [0.25, 0.3) is 10.0 Å². The van der Waals surface area contributed by atoms with Crippen molar-refractivity contribution < 1.29 is 27.1 Å². The van der Waals surface area contributed by atoms with Gasteiger partial charge in [-0.1, -0.05) is 54.1 Å². The standard InChI is InChI=1S/C31H31FN2O5S/c1-3-38-30-7-5-4-6-29(30)34(40(36,37)28-18-8-23(2)9-19-28)21-31(35)33-20-24-12-16-27(17-13-24)39-22-25-10-14-26(32)15-11-25/h4-19H,3,20-22H2,1-2H3,(H,33,35). The summed E-state index contributed by atoms with van der Waals surface area (Å²) in [5, 5.41) is 2.80. The van der Waals surface area contributed by atoms with Crippen LogP contribution in [0.3, 0.4) is 0 Å². The first-order valence-electron chi connectivity index (χ1n) is 12.8. The molecule has 0 aromatic heterocycles. The highest BCUT2D eigenvalue weighted by Gasteiger charge is 2.29. The second kappa shape index (κ2) is 13.1. The van der Waals surface area contributed by atoms with Crippen molar-refractivity contribution in [3.8, 4) is 11.5 Å². The Morgan fingerprint density at radius 3 is 2.17 bits per heavy atom. The van der Waals surface area contributed by atoms with E-state index in [0.717, 1.165) is 21.0 Å². The fraction of sp³-hybridized carbons (Fsp3) is 0.194. The summed E-state index contributed by atoms with van der Waals surface area (Å²) in [6.07, 6.45) is 0. The fourth-order valence-corrected chi connectivity index (χ4v) is 5.35. The lowest BCUT2D eigenvalue weighted by Crippen LogP contribution is -2.40. The lowest BCUT2D eigenvalue weighted by atomic mass is 10.2. The summed E-state index contributed by atoms with van der Waals surface area (Å²) in [5.41, 5.74) is 2.85. The zero-order valence-electron chi connectivity index (χ0n) is 22.3. The number of nitrogens with zero attached hydrogens (tertiary/aromatic N) is 1. The largest absolute Gasteiger partial charge is 0.492 e.